The summed E-state index contributed by atoms with van der Waals surface area (Å²) in [4.78, 5) is 3.21. The number of phenolic OH excluding ortho intramolecular Hbond substituents is 2. The van der Waals surface area contributed by atoms with Crippen LogP contribution < -0.4 is 173 Å². The number of aromatic hydroxyl groups is 2. The Morgan fingerprint density at radius 1 is 0.483 bits per heavy atom. The number of nitrogens with zero attached hydrogens (tertiary/aromatic N) is 7. The van der Waals surface area contributed by atoms with E-state index in [0.29, 0.717) is 36.4 Å². The first-order valence-corrected chi connectivity index (χ1v) is 33.5. The first kappa shape index (κ1) is 79.0. The molecule has 0 saturated carbocycles. The van der Waals surface area contributed by atoms with Crippen LogP contribution in [-0.2, 0) is 85.1 Å². The van der Waals surface area contributed by atoms with Gasteiger partial charge >= 0.3 is 162 Å². The van der Waals surface area contributed by atoms with Crippen LogP contribution in [0.5, 0.6) is 11.5 Å². The van der Waals surface area contributed by atoms with Gasteiger partial charge in [-0.15, -0.1) is 15.3 Å². The van der Waals surface area contributed by atoms with Gasteiger partial charge in [0.1, 0.15) is 77.8 Å². The summed E-state index contributed by atoms with van der Waals surface area (Å²) in [6.45, 7) is -1.07. The fourth-order valence-corrected chi connectivity index (χ4v) is 13.5. The summed E-state index contributed by atoms with van der Waals surface area (Å²) in [5.74, 6) is -5.55. The average Bonchev–Trinajstić information content (AvgIpc) is 3.32. The van der Waals surface area contributed by atoms with Crippen LogP contribution in [0, 0.1) is 0 Å². The normalized spacial score (nSPS) is 12.8. The molecule has 0 spiro atoms. The Kier molecular flexibility index (Phi) is 26.0. The molecule has 0 bridgehead atoms. The third-order valence-corrected chi connectivity index (χ3v) is 18.8. The fourth-order valence-electron chi connectivity index (χ4n) is 7.88. The predicted octanol–water partition coefficient (Wildman–Crippen LogP) is -8.60. The number of hydrogen-bond donors (Lipinski definition) is 4. The summed E-state index contributed by atoms with van der Waals surface area (Å²) >= 11 is 6.20. The molecule has 0 amide bonds. The number of phenols is 2. The summed E-state index contributed by atoms with van der Waals surface area (Å²) in [6, 6.07) is 10.4. The van der Waals surface area contributed by atoms with Crippen molar-refractivity contribution in [3.05, 3.63) is 96.3 Å². The van der Waals surface area contributed by atoms with Gasteiger partial charge in [-0.25, -0.2) is 67.3 Å². The Morgan fingerprint density at radius 3 is 1.53 bits per heavy atom. The molecule has 1 heterocycles. The summed E-state index contributed by atoms with van der Waals surface area (Å²) in [5, 5.41) is 36.9. The zero-order valence-corrected chi connectivity index (χ0v) is 62.1. The minimum absolute atomic E-state index is 0. The quantitative estimate of drug-likeness (QED) is 0.0253. The van der Waals surface area contributed by atoms with E-state index in [4.69, 9.17) is 11.6 Å². The number of anilines is 4. The Hall–Kier alpha value is -2.43. The smallest absolute Gasteiger partial charge is 0.744 e. The van der Waals surface area contributed by atoms with Crippen LogP contribution in [0.2, 0.25) is 5.28 Å². The molecule has 0 aliphatic rings. The summed E-state index contributed by atoms with van der Waals surface area (Å²) in [5.41, 5.74) is -5.40. The molecule has 35 nitrogen and oxygen atoms in total. The number of rotatable bonds is 19. The predicted molar refractivity (Wildman–Crippen MR) is 277 cm³/mol. The van der Waals surface area contributed by atoms with Gasteiger partial charge in [0.2, 0.25) is 27.6 Å². The van der Waals surface area contributed by atoms with Gasteiger partial charge in [-0.05, 0) is 89.8 Å². The van der Waals surface area contributed by atoms with E-state index in [-0.39, 0.29) is 168 Å². The van der Waals surface area contributed by atoms with Crippen molar-refractivity contribution in [1.29, 1.82) is 0 Å². The zero-order chi connectivity index (χ0) is 62.9. The van der Waals surface area contributed by atoms with Crippen molar-refractivity contribution in [1.82, 2.24) is 15.0 Å². The van der Waals surface area contributed by atoms with Gasteiger partial charge in [-0.3, -0.25) is 4.18 Å². The molecule has 0 fully saturated rings. The third-order valence-electron chi connectivity index (χ3n) is 11.3. The first-order valence-electron chi connectivity index (χ1n) is 21.7. The number of nitrogens with one attached hydrogen (secondary N) is 2. The average molecular weight is 1470 g/mol. The van der Waals surface area contributed by atoms with Crippen LogP contribution in [0.1, 0.15) is 0 Å². The van der Waals surface area contributed by atoms with Crippen molar-refractivity contribution < 1.29 is 275 Å². The van der Waals surface area contributed by atoms with Crippen molar-refractivity contribution in [2.75, 3.05) is 23.0 Å². The summed E-state index contributed by atoms with van der Waals surface area (Å²) in [6.07, 6.45) is 0. The van der Waals surface area contributed by atoms with Crippen molar-refractivity contribution in [2.45, 2.75) is 34.3 Å². The van der Waals surface area contributed by atoms with Crippen molar-refractivity contribution in [2.24, 2.45) is 20.5 Å². The van der Waals surface area contributed by atoms with E-state index in [9.17, 15) is 109 Å². The van der Waals surface area contributed by atoms with Crippen LogP contribution in [0.15, 0.2) is 146 Å². The number of halogens is 1. The molecule has 0 atom stereocenters. The van der Waals surface area contributed by atoms with E-state index in [0.717, 1.165) is 54.6 Å². The largest absolute Gasteiger partial charge is 1.00 e. The first-order chi connectivity index (χ1) is 39.0. The minimum Gasteiger partial charge on any atom is -0.744 e. The van der Waals surface area contributed by atoms with E-state index in [1.54, 1.807) is 0 Å². The molecule has 7 aromatic carbocycles. The van der Waals surface area contributed by atoms with Crippen molar-refractivity contribution >= 4 is 171 Å². The molecule has 4 N–H and O–H groups in total. The van der Waals surface area contributed by atoms with Crippen molar-refractivity contribution in [3.63, 3.8) is 0 Å². The molecule has 89 heavy (non-hydrogen) atoms. The monoisotopic (exact) mass is 1470 g/mol. The van der Waals surface area contributed by atoms with Crippen LogP contribution in [0.4, 0.5) is 46.0 Å². The molecule has 0 radical (unpaired) electrons. The Balaban J connectivity index is 0.00000423. The van der Waals surface area contributed by atoms with E-state index in [1.807, 2.05) is 0 Å². The van der Waals surface area contributed by atoms with Crippen LogP contribution in [0.3, 0.4) is 0 Å². The minimum atomic E-state index is -5.90. The maximum atomic E-state index is 12.7. The summed E-state index contributed by atoms with van der Waals surface area (Å²) in [7, 11) is -43.7. The second-order valence-corrected chi connectivity index (χ2v) is 28.3. The fraction of sp³-hybridized carbons (Fsp3) is 0.0488. The molecule has 450 valence electrons. The third kappa shape index (κ3) is 18.5. The molecule has 0 saturated heterocycles. The second-order valence-electron chi connectivity index (χ2n) is 16.7. The molecular formula is C41H23ClK2N9Na2O26S8-3. The number of azo groups is 2. The maximum Gasteiger partial charge on any atom is 1.00 e. The van der Waals surface area contributed by atoms with Gasteiger partial charge in [0.15, 0.2) is 21.3 Å². The SMILES string of the molecule is O=S(=O)([O-])OCCS(=O)(=O)c1ccc(N=Nc2c(S(=O)(=O)[O-])cc3c(S(=O)(=O)[O-])ccc(Nc4nc(Cl)nc(Nc5cc(S(=O)(=O)[O-])cc6cc(S(=O)(=O)[O-])c(N=Nc7ccc8c(S(=O)(=O)[O-])cccc8c7S(=O)(=O)[O-])c(O)c56)n4)c3c2O)cc1.[K+].[K+].[Na+].[Na+]. The van der Waals surface area contributed by atoms with Gasteiger partial charge < -0.3 is 52.7 Å². The van der Waals surface area contributed by atoms with Crippen molar-refractivity contribution in [3.8, 4) is 11.5 Å². The molecule has 0 aliphatic heterocycles. The molecule has 1 aromatic heterocycles. The number of hydrogen-bond acceptors (Lipinski definition) is 35. The standard InChI is InChI=1S/C41H30ClN9O26S8.2K.2Na/c42-39-45-40(43-25-10-11-29(81(62,63)64)24-17-31(83(68,69)70)35(37(53)33(24)25)50-48-19-4-6-20(7-5-19)78(54,55)13-12-77-85(74,75)76)47-41(46-39)44-27-16-21(79(56,57)58)14-18-15-30(82(65,66)67)34(36(52)32(18)27)51-49-26-9-8-22-23(38(26)84(71,72)73)2-1-3-28(22)80(59,60)61;;;;/h1-11,14-17,52-53H,12-13H2,(H,56,57,58)(H,59,60,61)(H,62,63,64)(H,65,66,67)(H,68,69,70)(H,71,72,73)(H,74,75,76)(H2,43,44,45,46,47);;;;/q;4*+1/p-7. The zero-order valence-electron chi connectivity index (χ0n) is 44.5. The Bertz CT molecular complexity index is 5270. The Labute approximate surface area is 636 Å². The molecule has 0 aliphatic carbocycles. The van der Waals surface area contributed by atoms with Gasteiger partial charge in [0, 0.05) is 21.5 Å². The van der Waals surface area contributed by atoms with Gasteiger partial charge in [-0.1, -0.05) is 18.2 Å². The second kappa shape index (κ2) is 29.3. The maximum absolute atomic E-state index is 12.7. The van der Waals surface area contributed by atoms with Crippen LogP contribution in [0.25, 0.3) is 32.3 Å². The van der Waals surface area contributed by atoms with Crippen LogP contribution >= 0.6 is 11.6 Å². The van der Waals surface area contributed by atoms with Gasteiger partial charge in [0.05, 0.1) is 69.1 Å². The topological polar surface area (TPSA) is 596 Å². The van der Waals surface area contributed by atoms with E-state index >= 15 is 0 Å². The van der Waals surface area contributed by atoms with E-state index in [2.05, 4.69) is 50.2 Å². The molecule has 8 rings (SSSR count). The van der Waals surface area contributed by atoms with E-state index < -0.39 is 217 Å². The number of aromatic nitrogens is 3. The molecule has 0 unspecified atom stereocenters. The number of fused-ring (bicyclic) bond motifs is 3. The molecule has 48 heteroatoms. The van der Waals surface area contributed by atoms with E-state index in [1.165, 1.54) is 0 Å². The van der Waals surface area contributed by atoms with Gasteiger partial charge in [0.25, 0.3) is 0 Å². The number of sulfone groups is 1. The number of benzene rings is 7. The molecule has 8 aromatic rings. The van der Waals surface area contributed by atoms with Gasteiger partial charge in [-0.2, -0.15) is 20.1 Å². The Morgan fingerprint density at radius 2 is 1.00 bits per heavy atom. The molecular weight excluding hydrogens is 1450 g/mol. The summed E-state index contributed by atoms with van der Waals surface area (Å²) < 4.78 is 286. The van der Waals surface area contributed by atoms with Crippen LogP contribution in [-0.4, -0.2) is 137 Å².